The number of aliphatic hydroxyl groups excluding tert-OH is 1. The molecule has 5 aliphatic rings. The van der Waals surface area contributed by atoms with E-state index in [1.165, 1.54) is 0 Å². The molecule has 8 heteroatoms. The molecule has 3 saturated carbocycles. The minimum absolute atomic E-state index is 0.0128. The fourth-order valence-corrected chi connectivity index (χ4v) is 8.41. The number of hydrogen-bond acceptors (Lipinski definition) is 2. The molecule has 0 spiro atoms. The monoisotopic (exact) mass is 394 g/mol. The highest BCUT2D eigenvalue weighted by Crippen LogP contribution is 2.84. The second-order valence-corrected chi connectivity index (χ2v) is 9.66. The van der Waals surface area contributed by atoms with Crippen LogP contribution in [0.3, 0.4) is 0 Å². The van der Waals surface area contributed by atoms with Crippen LogP contribution in [0.15, 0.2) is 10.1 Å². The van der Waals surface area contributed by atoms with Crippen LogP contribution in [0, 0.1) is 23.7 Å². The van der Waals surface area contributed by atoms with E-state index >= 15 is 0 Å². The quantitative estimate of drug-likeness (QED) is 0.386. The van der Waals surface area contributed by atoms with Gasteiger partial charge in [-0.1, -0.05) is 46.4 Å². The number of rotatable bonds is 0. The van der Waals surface area contributed by atoms with Crippen LogP contribution in [0.1, 0.15) is 0 Å². The van der Waals surface area contributed by atoms with E-state index in [1.807, 2.05) is 0 Å². The second kappa shape index (κ2) is 3.42. The summed E-state index contributed by atoms with van der Waals surface area (Å²) in [4.78, 5) is -2.53. The first kappa shape index (κ1) is 13.8. The van der Waals surface area contributed by atoms with Crippen molar-refractivity contribution in [3.63, 3.8) is 0 Å². The van der Waals surface area contributed by atoms with E-state index in [0.29, 0.717) is 0 Å². The van der Waals surface area contributed by atoms with Crippen LogP contribution in [-0.4, -0.2) is 37.5 Å². The molecule has 0 aromatic carbocycles. The standard InChI is InChI=1S/C12H8Cl6O2/c13-8-9(14)11(16)4-2-5(19)1(6-7(2)20-6)3(4)10(8,15)12(11,17)18/h1-7,19H/t1?,2?,3?,4?,5?,6-,7+,10?,11?. The van der Waals surface area contributed by atoms with Gasteiger partial charge in [-0.25, -0.2) is 0 Å². The maximum absolute atomic E-state index is 10.5. The molecule has 7 unspecified atom stereocenters. The molecule has 2 nitrogen and oxygen atoms in total. The van der Waals surface area contributed by atoms with Crippen LogP contribution in [0.4, 0.5) is 0 Å². The van der Waals surface area contributed by atoms with E-state index in [-0.39, 0.29) is 45.9 Å². The molecule has 5 rings (SSSR count). The Labute approximate surface area is 145 Å². The van der Waals surface area contributed by atoms with Gasteiger partial charge in [0.05, 0.1) is 28.4 Å². The Morgan fingerprint density at radius 1 is 0.850 bits per heavy atom. The molecular weight excluding hydrogens is 389 g/mol. The van der Waals surface area contributed by atoms with Gasteiger partial charge in [-0.2, -0.15) is 0 Å². The topological polar surface area (TPSA) is 32.8 Å². The average molecular weight is 397 g/mol. The molecule has 4 bridgehead atoms. The molecule has 0 aromatic rings. The third kappa shape index (κ3) is 0.991. The molecule has 20 heavy (non-hydrogen) atoms. The van der Waals surface area contributed by atoms with Crippen LogP contribution in [0.25, 0.3) is 0 Å². The van der Waals surface area contributed by atoms with E-state index in [0.717, 1.165) is 0 Å². The lowest BCUT2D eigenvalue weighted by Gasteiger charge is -2.37. The third-order valence-electron chi connectivity index (χ3n) is 5.99. The van der Waals surface area contributed by atoms with Crippen molar-refractivity contribution >= 4 is 69.6 Å². The van der Waals surface area contributed by atoms with Crippen molar-refractivity contribution in [2.24, 2.45) is 23.7 Å². The summed E-state index contributed by atoms with van der Waals surface area (Å²) in [5, 5.41) is 10.9. The Balaban J connectivity index is 1.80. The summed E-state index contributed by atoms with van der Waals surface area (Å²) in [6.45, 7) is 0. The van der Waals surface area contributed by atoms with Crippen LogP contribution in [-0.2, 0) is 4.74 Å². The van der Waals surface area contributed by atoms with Gasteiger partial charge in [0.1, 0.15) is 9.75 Å². The number of alkyl halides is 4. The molecule has 0 radical (unpaired) electrons. The lowest BCUT2D eigenvalue weighted by atomic mass is 9.73. The van der Waals surface area contributed by atoms with E-state index < -0.39 is 20.2 Å². The molecule has 4 aliphatic carbocycles. The Bertz CT molecular complexity index is 546. The van der Waals surface area contributed by atoms with Gasteiger partial charge in [0.2, 0.25) is 0 Å². The van der Waals surface area contributed by atoms with Gasteiger partial charge < -0.3 is 9.84 Å². The molecular formula is C12H8Cl6O2. The number of epoxide rings is 1. The predicted octanol–water partition coefficient (Wildman–Crippen LogP) is 3.45. The maximum atomic E-state index is 10.5. The molecule has 1 N–H and O–H groups in total. The van der Waals surface area contributed by atoms with Crippen molar-refractivity contribution in [3.05, 3.63) is 10.1 Å². The second-order valence-electron chi connectivity index (χ2n) is 6.39. The largest absolute Gasteiger partial charge is 0.392 e. The number of allylic oxidation sites excluding steroid dienone is 2. The van der Waals surface area contributed by atoms with Gasteiger partial charge in [-0.05, 0) is 11.8 Å². The Morgan fingerprint density at radius 3 is 1.65 bits per heavy atom. The molecule has 4 fully saturated rings. The van der Waals surface area contributed by atoms with Crippen molar-refractivity contribution < 1.29 is 9.84 Å². The van der Waals surface area contributed by atoms with Gasteiger partial charge >= 0.3 is 0 Å². The van der Waals surface area contributed by atoms with Crippen LogP contribution in [0.5, 0.6) is 0 Å². The summed E-state index contributed by atoms with van der Waals surface area (Å²) in [6, 6.07) is 0. The first-order valence-corrected chi connectivity index (χ1v) is 8.63. The highest BCUT2D eigenvalue weighted by Gasteiger charge is 2.91. The van der Waals surface area contributed by atoms with Crippen LogP contribution >= 0.6 is 69.6 Å². The number of ether oxygens (including phenoxy) is 1. The Morgan fingerprint density at radius 2 is 1.25 bits per heavy atom. The maximum Gasteiger partial charge on any atom is 0.166 e. The number of aliphatic hydroxyl groups is 1. The lowest BCUT2D eigenvalue weighted by molar-refractivity contribution is 0.0503. The van der Waals surface area contributed by atoms with Gasteiger partial charge in [-0.3, -0.25) is 0 Å². The van der Waals surface area contributed by atoms with Gasteiger partial charge in [-0.15, -0.1) is 23.2 Å². The first-order valence-electron chi connectivity index (χ1n) is 6.36. The summed E-state index contributed by atoms with van der Waals surface area (Å²) in [5.74, 6) is -0.724. The SMILES string of the molecule is OC1C2C3C(C1[C@@H]1O[C@H]21)C1(Cl)C(Cl)=C(Cl)C3(Cl)C1(Cl)Cl. The first-order chi connectivity index (χ1) is 9.20. The van der Waals surface area contributed by atoms with Gasteiger partial charge in [0.15, 0.2) is 4.33 Å². The molecule has 1 heterocycles. The minimum atomic E-state index is -1.50. The number of hydrogen-bond donors (Lipinski definition) is 1. The molecule has 9 atom stereocenters. The number of halogens is 6. The molecule has 110 valence electrons. The summed E-state index contributed by atoms with van der Waals surface area (Å²) >= 11 is 39.3. The average Bonchev–Trinajstić information content (AvgIpc) is 3.01. The van der Waals surface area contributed by atoms with Crippen molar-refractivity contribution in [2.75, 3.05) is 0 Å². The van der Waals surface area contributed by atoms with E-state index in [2.05, 4.69) is 0 Å². The smallest absolute Gasteiger partial charge is 0.166 e. The zero-order chi connectivity index (χ0) is 14.4. The summed E-state index contributed by atoms with van der Waals surface area (Å²) in [7, 11) is 0. The third-order valence-corrected chi connectivity index (χ3v) is 10.3. The molecule has 1 aliphatic heterocycles. The van der Waals surface area contributed by atoms with E-state index in [1.54, 1.807) is 0 Å². The van der Waals surface area contributed by atoms with Crippen molar-refractivity contribution in [3.8, 4) is 0 Å². The minimum Gasteiger partial charge on any atom is -0.392 e. The Kier molecular flexibility index (Phi) is 2.36. The molecule has 1 saturated heterocycles. The summed E-state index contributed by atoms with van der Waals surface area (Å²) in [6.07, 6.45) is -0.487. The highest BCUT2D eigenvalue weighted by molar-refractivity contribution is 6.65. The van der Waals surface area contributed by atoms with Crippen molar-refractivity contribution in [1.29, 1.82) is 0 Å². The summed E-state index contributed by atoms with van der Waals surface area (Å²) < 4.78 is 4.13. The van der Waals surface area contributed by atoms with E-state index in [4.69, 9.17) is 74.3 Å². The van der Waals surface area contributed by atoms with Gasteiger partial charge in [0.25, 0.3) is 0 Å². The van der Waals surface area contributed by atoms with Crippen molar-refractivity contribution in [1.82, 2.24) is 0 Å². The van der Waals surface area contributed by atoms with Crippen molar-refractivity contribution in [2.45, 2.75) is 32.4 Å². The molecule has 0 aromatic heterocycles. The Hall–Kier alpha value is 1.40. The highest BCUT2D eigenvalue weighted by atomic mass is 35.5. The zero-order valence-corrected chi connectivity index (χ0v) is 14.2. The fourth-order valence-electron chi connectivity index (χ4n) is 5.31. The fraction of sp³-hybridized carbons (Fsp3) is 0.833. The number of fused-ring (bicyclic) bond motifs is 12. The molecule has 0 amide bonds. The van der Waals surface area contributed by atoms with Crippen LogP contribution < -0.4 is 0 Å². The van der Waals surface area contributed by atoms with Gasteiger partial charge in [0, 0.05) is 11.8 Å². The van der Waals surface area contributed by atoms with Crippen LogP contribution in [0.2, 0.25) is 0 Å². The summed E-state index contributed by atoms with van der Waals surface area (Å²) in [5.41, 5.74) is 0. The zero-order valence-electron chi connectivity index (χ0n) is 9.66. The predicted molar refractivity (Wildman–Crippen MR) is 79.0 cm³/mol. The lowest BCUT2D eigenvalue weighted by Crippen LogP contribution is -2.48. The van der Waals surface area contributed by atoms with E-state index in [9.17, 15) is 5.11 Å². The normalized spacial score (nSPS) is 67.7.